The van der Waals surface area contributed by atoms with Gasteiger partial charge in [-0.25, -0.2) is 9.78 Å². The Morgan fingerprint density at radius 1 is 0.949 bits per heavy atom. The summed E-state index contributed by atoms with van der Waals surface area (Å²) in [6.45, 7) is 8.14. The lowest BCUT2D eigenvalue weighted by Crippen LogP contribution is -2.51. The van der Waals surface area contributed by atoms with Crippen molar-refractivity contribution >= 4 is 22.8 Å². The first kappa shape index (κ1) is 27.1. The number of nitrogens with one attached hydrogen (secondary N) is 2. The lowest BCUT2D eigenvalue weighted by atomic mass is 9.84. The first-order valence-electron chi connectivity index (χ1n) is 14.6. The molecular formula is C32H41N5O2. The van der Waals surface area contributed by atoms with Crippen molar-refractivity contribution in [3.63, 3.8) is 0 Å². The second kappa shape index (κ2) is 12.6. The molecule has 3 aromatic rings. The summed E-state index contributed by atoms with van der Waals surface area (Å²) in [6.07, 6.45) is 6.14. The largest absolute Gasteiger partial charge is 0.349 e. The Balaban J connectivity index is 1.51. The zero-order chi connectivity index (χ0) is 27.2. The minimum atomic E-state index is -0.0141. The number of carbonyl (C=O) groups is 2. The van der Waals surface area contributed by atoms with Crippen LogP contribution < -0.4 is 10.6 Å². The van der Waals surface area contributed by atoms with Gasteiger partial charge in [0.15, 0.2) is 0 Å². The molecule has 5 rings (SSSR count). The van der Waals surface area contributed by atoms with Crippen molar-refractivity contribution < 1.29 is 9.59 Å². The van der Waals surface area contributed by atoms with Gasteiger partial charge in [-0.2, -0.15) is 0 Å². The van der Waals surface area contributed by atoms with Crippen LogP contribution in [0, 0.1) is 5.92 Å². The van der Waals surface area contributed by atoms with E-state index in [1.54, 1.807) is 0 Å². The molecule has 2 aromatic carbocycles. The second-order valence-electron chi connectivity index (χ2n) is 11.0. The van der Waals surface area contributed by atoms with Crippen molar-refractivity contribution in [1.29, 1.82) is 0 Å². The summed E-state index contributed by atoms with van der Waals surface area (Å²) in [4.78, 5) is 35.8. The molecule has 0 spiro atoms. The van der Waals surface area contributed by atoms with Gasteiger partial charge in [0.2, 0.25) is 0 Å². The van der Waals surface area contributed by atoms with Gasteiger partial charge >= 0.3 is 6.03 Å². The van der Waals surface area contributed by atoms with E-state index in [1.807, 2.05) is 54.3 Å². The number of aromatic nitrogens is 1. The molecule has 1 aliphatic carbocycles. The maximum atomic E-state index is 14.2. The third-order valence-corrected chi connectivity index (χ3v) is 8.35. The molecule has 7 nitrogen and oxygen atoms in total. The number of para-hydroxylation sites is 1. The Bertz CT molecular complexity index is 1280. The molecule has 2 N–H and O–H groups in total. The number of hydrogen-bond donors (Lipinski definition) is 2. The van der Waals surface area contributed by atoms with E-state index in [0.29, 0.717) is 32.1 Å². The van der Waals surface area contributed by atoms with Gasteiger partial charge < -0.3 is 15.5 Å². The lowest BCUT2D eigenvalue weighted by Gasteiger charge is -2.35. The maximum Gasteiger partial charge on any atom is 0.317 e. The quantitative estimate of drug-likeness (QED) is 0.429. The molecule has 0 radical (unpaired) electrons. The van der Waals surface area contributed by atoms with Crippen molar-refractivity contribution in [3.8, 4) is 11.3 Å². The normalized spacial score (nSPS) is 17.6. The van der Waals surface area contributed by atoms with Gasteiger partial charge in [-0.05, 0) is 38.7 Å². The summed E-state index contributed by atoms with van der Waals surface area (Å²) in [5, 5.41) is 7.20. The smallest absolute Gasteiger partial charge is 0.317 e. The van der Waals surface area contributed by atoms with Crippen molar-refractivity contribution in [2.45, 2.75) is 58.5 Å². The predicted molar refractivity (Wildman–Crippen MR) is 157 cm³/mol. The number of pyridine rings is 1. The number of fused-ring (bicyclic) bond motifs is 1. The third kappa shape index (κ3) is 6.25. The highest BCUT2D eigenvalue weighted by Gasteiger charge is 2.28. The van der Waals surface area contributed by atoms with Crippen molar-refractivity contribution in [1.82, 2.24) is 25.4 Å². The highest BCUT2D eigenvalue weighted by Crippen LogP contribution is 2.32. The van der Waals surface area contributed by atoms with Gasteiger partial charge in [-0.15, -0.1) is 0 Å². The molecule has 206 valence electrons. The molecule has 0 bridgehead atoms. The van der Waals surface area contributed by atoms with Gasteiger partial charge in [0.05, 0.1) is 16.8 Å². The zero-order valence-corrected chi connectivity index (χ0v) is 23.3. The van der Waals surface area contributed by atoms with E-state index in [2.05, 4.69) is 34.6 Å². The van der Waals surface area contributed by atoms with Crippen LogP contribution in [0.5, 0.6) is 0 Å². The van der Waals surface area contributed by atoms with E-state index < -0.39 is 0 Å². The summed E-state index contributed by atoms with van der Waals surface area (Å²) in [5.41, 5.74) is 4.38. The first-order valence-corrected chi connectivity index (χ1v) is 14.6. The van der Waals surface area contributed by atoms with Crippen LogP contribution in [0.2, 0.25) is 0 Å². The molecule has 7 heteroatoms. The summed E-state index contributed by atoms with van der Waals surface area (Å²) in [7, 11) is 0. The molecular weight excluding hydrogens is 486 g/mol. The Hall–Kier alpha value is -3.45. The molecule has 1 saturated carbocycles. The molecule has 1 aromatic heterocycles. The number of rotatable bonds is 7. The van der Waals surface area contributed by atoms with Crippen LogP contribution in [0.4, 0.5) is 4.79 Å². The summed E-state index contributed by atoms with van der Waals surface area (Å²) < 4.78 is 0. The average molecular weight is 528 g/mol. The Morgan fingerprint density at radius 3 is 2.36 bits per heavy atom. The number of carbonyl (C=O) groups excluding carboxylic acids is 2. The van der Waals surface area contributed by atoms with E-state index in [-0.39, 0.29) is 18.0 Å². The van der Waals surface area contributed by atoms with Gasteiger partial charge in [-0.3, -0.25) is 9.69 Å². The van der Waals surface area contributed by atoms with Crippen LogP contribution >= 0.6 is 0 Å². The minimum Gasteiger partial charge on any atom is -0.349 e. The third-order valence-electron chi connectivity index (χ3n) is 8.35. The van der Waals surface area contributed by atoms with Gasteiger partial charge in [0.1, 0.15) is 0 Å². The summed E-state index contributed by atoms with van der Waals surface area (Å²) in [5.74, 6) is 0.509. The molecule has 39 heavy (non-hydrogen) atoms. The Kier molecular flexibility index (Phi) is 8.77. The van der Waals surface area contributed by atoms with Crippen LogP contribution in [-0.2, 0) is 6.54 Å². The first-order chi connectivity index (χ1) is 19.0. The van der Waals surface area contributed by atoms with E-state index in [4.69, 9.17) is 4.98 Å². The Morgan fingerprint density at radius 2 is 1.64 bits per heavy atom. The van der Waals surface area contributed by atoms with Crippen molar-refractivity contribution in [3.05, 3.63) is 65.7 Å². The summed E-state index contributed by atoms with van der Waals surface area (Å²) in [6, 6.07) is 18.3. The van der Waals surface area contributed by atoms with E-state index in [0.717, 1.165) is 46.4 Å². The van der Waals surface area contributed by atoms with Crippen LogP contribution in [0.1, 0.15) is 61.9 Å². The minimum absolute atomic E-state index is 0.00809. The fourth-order valence-electron chi connectivity index (χ4n) is 6.13. The predicted octanol–water partition coefficient (Wildman–Crippen LogP) is 5.45. The van der Waals surface area contributed by atoms with Gasteiger partial charge in [-0.1, -0.05) is 67.8 Å². The monoisotopic (exact) mass is 527 g/mol. The molecule has 0 unspecified atom stereocenters. The average Bonchev–Trinajstić information content (AvgIpc) is 2.98. The number of amides is 3. The molecule has 3 amide bonds. The maximum absolute atomic E-state index is 14.2. The van der Waals surface area contributed by atoms with Crippen LogP contribution in [-0.4, -0.2) is 65.5 Å². The fourth-order valence-corrected chi connectivity index (χ4v) is 6.13. The van der Waals surface area contributed by atoms with Gasteiger partial charge in [0.25, 0.3) is 5.91 Å². The van der Waals surface area contributed by atoms with Crippen LogP contribution in [0.3, 0.4) is 0 Å². The highest BCUT2D eigenvalue weighted by atomic mass is 16.2. The molecule has 1 atom stereocenters. The number of urea groups is 1. The number of piperazine rings is 1. The standard InChI is InChI=1S/C32H41N5O2/c1-3-33-32(39)37-20-18-36(19-21-37)22-27-29(31(38)34-23(2)24-12-6-4-7-13-24)26-16-10-11-17-28(26)35-30(27)25-14-8-5-9-15-25/h5,8-11,14-17,23-24H,3-4,6-7,12-13,18-22H2,1-2H3,(H,33,39)(H,34,38)/t23-/m0/s1. The Labute approximate surface area is 232 Å². The van der Waals surface area contributed by atoms with Gasteiger partial charge in [0, 0.05) is 61.8 Å². The van der Waals surface area contributed by atoms with Crippen molar-refractivity contribution in [2.75, 3.05) is 32.7 Å². The molecule has 2 heterocycles. The van der Waals surface area contributed by atoms with E-state index >= 15 is 0 Å². The van der Waals surface area contributed by atoms with Crippen LogP contribution in [0.15, 0.2) is 54.6 Å². The number of benzene rings is 2. The second-order valence-corrected chi connectivity index (χ2v) is 11.0. The zero-order valence-electron chi connectivity index (χ0n) is 23.3. The lowest BCUT2D eigenvalue weighted by molar-refractivity contribution is 0.0918. The number of nitrogens with zero attached hydrogens (tertiary/aromatic N) is 3. The van der Waals surface area contributed by atoms with E-state index in [9.17, 15) is 9.59 Å². The fraction of sp³-hybridized carbons (Fsp3) is 0.469. The van der Waals surface area contributed by atoms with Crippen molar-refractivity contribution in [2.24, 2.45) is 5.92 Å². The molecule has 1 aliphatic heterocycles. The summed E-state index contributed by atoms with van der Waals surface area (Å²) >= 11 is 0. The van der Waals surface area contributed by atoms with Crippen LogP contribution in [0.25, 0.3) is 22.2 Å². The van der Waals surface area contributed by atoms with E-state index in [1.165, 1.54) is 32.1 Å². The SMILES string of the molecule is CCNC(=O)N1CCN(Cc2c(-c3ccccc3)nc3ccccc3c2C(=O)N[C@@H](C)C2CCCCC2)CC1. The highest BCUT2D eigenvalue weighted by molar-refractivity contribution is 6.09. The molecule has 1 saturated heterocycles. The number of hydrogen-bond acceptors (Lipinski definition) is 4. The topological polar surface area (TPSA) is 77.6 Å². The molecule has 2 aliphatic rings. The molecule has 2 fully saturated rings.